The first-order valence-corrected chi connectivity index (χ1v) is 26.1. The number of benzene rings is 7. The SMILES string of the molecule is Cc1cc2c3c(c1)N(c1ccc(C(C)(C)C)cc1-c1ccccc1)c1c(ccc4c1-c1ccccc1C4(C)C)B3c1cc3c(cc1N2c1ccc2c(c1)C(C)(C)CCC2(C)C)C(C)(C)CCC3(C)C. The van der Waals surface area contributed by atoms with Gasteiger partial charge < -0.3 is 9.80 Å². The predicted octanol–water partition coefficient (Wildman–Crippen LogP) is 16.0. The lowest BCUT2D eigenvalue weighted by atomic mass is 9.32. The lowest BCUT2D eigenvalue weighted by Crippen LogP contribution is -2.62. The molecule has 2 aliphatic heterocycles. The zero-order chi connectivity index (χ0) is 48.5. The fraction of sp³-hybridized carbons (Fsp3) is 0.364. The molecule has 3 heteroatoms. The van der Waals surface area contributed by atoms with E-state index in [-0.39, 0.29) is 39.2 Å². The highest BCUT2D eigenvalue weighted by Crippen LogP contribution is 2.58. The van der Waals surface area contributed by atoms with Gasteiger partial charge in [-0.05, 0) is 174 Å². The summed E-state index contributed by atoms with van der Waals surface area (Å²) in [7, 11) is 0. The molecule has 0 saturated carbocycles. The highest BCUT2D eigenvalue weighted by atomic mass is 15.2. The standard InChI is InChI=1S/C66H71BN2/c1-40-34-56-59-57(35-40)69(54-29-24-42(61(2,3)4)36-45(54)41-20-16-15-17-21-41)60-52(28-27-48-58(60)44-22-18-19-23-46(44)66(48,13)14)67(59)53-38-50-51(65(11,12)33-32-64(50,9)10)39-55(53)68(56)43-25-26-47-49(37-43)63(7,8)31-30-62(47,5)6/h15-29,34-39H,30-33H2,1-14H3. The summed E-state index contributed by atoms with van der Waals surface area (Å²) in [5.41, 5.74) is 28.7. The van der Waals surface area contributed by atoms with Crippen LogP contribution in [0.25, 0.3) is 22.3 Å². The van der Waals surface area contributed by atoms with Crippen LogP contribution in [0, 0.1) is 6.92 Å². The van der Waals surface area contributed by atoms with Crippen LogP contribution in [0.4, 0.5) is 34.1 Å². The summed E-state index contributed by atoms with van der Waals surface area (Å²) in [5, 5.41) is 0. The van der Waals surface area contributed by atoms with E-state index < -0.39 is 0 Å². The molecule has 2 heterocycles. The predicted molar refractivity (Wildman–Crippen MR) is 297 cm³/mol. The minimum absolute atomic E-state index is 0.0161. The normalized spacial score (nSPS) is 19.1. The van der Waals surface area contributed by atoms with Crippen LogP contribution in [-0.2, 0) is 32.5 Å². The molecular formula is C66H71BN2. The largest absolute Gasteiger partial charge is 0.311 e. The van der Waals surface area contributed by atoms with Crippen LogP contribution in [0.1, 0.15) is 160 Å². The molecule has 0 amide bonds. The van der Waals surface area contributed by atoms with E-state index in [0.29, 0.717) is 0 Å². The van der Waals surface area contributed by atoms with Crippen molar-refractivity contribution in [2.45, 2.75) is 155 Å². The Morgan fingerprint density at radius 3 is 1.70 bits per heavy atom. The number of hydrogen-bond donors (Lipinski definition) is 0. The molecule has 7 aromatic rings. The van der Waals surface area contributed by atoms with Crippen molar-refractivity contribution in [3.63, 3.8) is 0 Å². The monoisotopic (exact) mass is 903 g/mol. The summed E-state index contributed by atoms with van der Waals surface area (Å²) in [6, 6.07) is 50.8. The van der Waals surface area contributed by atoms with Gasteiger partial charge in [0.15, 0.2) is 0 Å². The molecule has 0 bridgehead atoms. The quantitative estimate of drug-likeness (QED) is 0.163. The van der Waals surface area contributed by atoms with E-state index in [1.807, 2.05) is 0 Å². The molecule has 0 N–H and O–H groups in total. The number of anilines is 6. The number of nitrogens with zero attached hydrogens (tertiary/aromatic N) is 2. The van der Waals surface area contributed by atoms with Gasteiger partial charge in [-0.15, -0.1) is 0 Å². The number of hydrogen-bond acceptors (Lipinski definition) is 2. The third-order valence-corrected chi connectivity index (χ3v) is 18.2. The van der Waals surface area contributed by atoms with Crippen LogP contribution in [0.15, 0.2) is 127 Å². The summed E-state index contributed by atoms with van der Waals surface area (Å²) >= 11 is 0. The molecule has 7 aromatic carbocycles. The van der Waals surface area contributed by atoms with Gasteiger partial charge >= 0.3 is 0 Å². The highest BCUT2D eigenvalue weighted by molar-refractivity contribution is 7.00. The Hall–Kier alpha value is -5.80. The third kappa shape index (κ3) is 6.37. The number of fused-ring (bicyclic) bond motifs is 10. The van der Waals surface area contributed by atoms with E-state index >= 15 is 0 Å². The van der Waals surface area contributed by atoms with Crippen molar-refractivity contribution in [1.82, 2.24) is 0 Å². The zero-order valence-electron chi connectivity index (χ0n) is 43.9. The molecular weight excluding hydrogens is 832 g/mol. The summed E-state index contributed by atoms with van der Waals surface area (Å²) in [4.78, 5) is 5.44. The first kappa shape index (κ1) is 44.4. The van der Waals surface area contributed by atoms with Gasteiger partial charge in [0.1, 0.15) is 0 Å². The molecule has 0 fully saturated rings. The van der Waals surface area contributed by atoms with Crippen LogP contribution < -0.4 is 26.2 Å². The van der Waals surface area contributed by atoms with E-state index in [1.165, 1.54) is 143 Å². The fourth-order valence-electron chi connectivity index (χ4n) is 13.8. The van der Waals surface area contributed by atoms with Crippen molar-refractivity contribution in [2.24, 2.45) is 0 Å². The minimum Gasteiger partial charge on any atom is -0.311 e. The molecule has 0 saturated heterocycles. The number of aryl methyl sites for hydroxylation is 1. The van der Waals surface area contributed by atoms with E-state index in [2.05, 4.69) is 234 Å². The van der Waals surface area contributed by atoms with E-state index in [9.17, 15) is 0 Å². The van der Waals surface area contributed by atoms with Gasteiger partial charge in [-0.3, -0.25) is 0 Å². The summed E-state index contributed by atoms with van der Waals surface area (Å²) in [6.07, 6.45) is 4.73. The Balaban J connectivity index is 1.24. The van der Waals surface area contributed by atoms with E-state index in [0.717, 1.165) is 0 Å². The molecule has 348 valence electrons. The topological polar surface area (TPSA) is 6.48 Å². The molecule has 0 aromatic heterocycles. The van der Waals surface area contributed by atoms with Gasteiger partial charge in [0.05, 0.1) is 5.69 Å². The maximum absolute atomic E-state index is 2.73. The Bertz CT molecular complexity index is 3320. The average Bonchev–Trinajstić information content (AvgIpc) is 3.54. The summed E-state index contributed by atoms with van der Waals surface area (Å²) in [5.74, 6) is 0. The van der Waals surface area contributed by atoms with Crippen molar-refractivity contribution in [2.75, 3.05) is 9.80 Å². The first-order chi connectivity index (χ1) is 32.5. The second-order valence-corrected chi connectivity index (χ2v) is 26.0. The maximum Gasteiger partial charge on any atom is 0.252 e. The zero-order valence-corrected chi connectivity index (χ0v) is 43.9. The Morgan fingerprint density at radius 1 is 0.449 bits per heavy atom. The third-order valence-electron chi connectivity index (χ3n) is 18.2. The summed E-state index contributed by atoms with van der Waals surface area (Å²) in [6.45, 7) is 34.1. The molecule has 2 nitrogen and oxygen atoms in total. The maximum atomic E-state index is 2.73. The lowest BCUT2D eigenvalue weighted by molar-refractivity contribution is 0.332. The van der Waals surface area contributed by atoms with Crippen LogP contribution in [0.5, 0.6) is 0 Å². The molecule has 12 rings (SSSR count). The van der Waals surface area contributed by atoms with Crippen molar-refractivity contribution in [1.29, 1.82) is 0 Å². The lowest BCUT2D eigenvalue weighted by Gasteiger charge is -2.48. The van der Waals surface area contributed by atoms with Gasteiger partial charge in [-0.1, -0.05) is 175 Å². The molecule has 0 atom stereocenters. The molecule has 0 unspecified atom stereocenters. The molecule has 3 aliphatic carbocycles. The number of rotatable bonds is 3. The Labute approximate surface area is 414 Å². The van der Waals surface area contributed by atoms with Gasteiger partial charge in [0.25, 0.3) is 6.71 Å². The molecule has 69 heavy (non-hydrogen) atoms. The second-order valence-electron chi connectivity index (χ2n) is 26.0. The first-order valence-electron chi connectivity index (χ1n) is 26.1. The smallest absolute Gasteiger partial charge is 0.252 e. The van der Waals surface area contributed by atoms with Crippen molar-refractivity contribution >= 4 is 57.2 Å². The second kappa shape index (κ2) is 14.4. The van der Waals surface area contributed by atoms with Crippen LogP contribution in [0.2, 0.25) is 0 Å². The highest BCUT2D eigenvalue weighted by Gasteiger charge is 2.50. The van der Waals surface area contributed by atoms with Gasteiger partial charge in [0.2, 0.25) is 0 Å². The fourth-order valence-corrected chi connectivity index (χ4v) is 13.8. The molecule has 0 spiro atoms. The molecule has 5 aliphatic rings. The minimum atomic E-state index is -0.159. The van der Waals surface area contributed by atoms with Gasteiger partial charge in [-0.2, -0.15) is 0 Å². The van der Waals surface area contributed by atoms with E-state index in [4.69, 9.17) is 0 Å². The summed E-state index contributed by atoms with van der Waals surface area (Å²) < 4.78 is 0. The van der Waals surface area contributed by atoms with Crippen LogP contribution in [0.3, 0.4) is 0 Å². The van der Waals surface area contributed by atoms with Gasteiger partial charge in [0, 0.05) is 45.0 Å². The van der Waals surface area contributed by atoms with Crippen molar-refractivity contribution in [3.05, 3.63) is 172 Å². The van der Waals surface area contributed by atoms with Crippen LogP contribution in [-0.4, -0.2) is 6.71 Å². The van der Waals surface area contributed by atoms with Crippen molar-refractivity contribution in [3.8, 4) is 22.3 Å². The average molecular weight is 903 g/mol. The van der Waals surface area contributed by atoms with Gasteiger partial charge in [-0.25, -0.2) is 0 Å². The Kier molecular flexibility index (Phi) is 9.27. The Morgan fingerprint density at radius 2 is 1.03 bits per heavy atom. The van der Waals surface area contributed by atoms with Crippen molar-refractivity contribution < 1.29 is 0 Å². The van der Waals surface area contributed by atoms with E-state index in [1.54, 1.807) is 0 Å². The van der Waals surface area contributed by atoms with Crippen LogP contribution >= 0.6 is 0 Å². The molecule has 0 radical (unpaired) electrons.